The predicted molar refractivity (Wildman–Crippen MR) is 109 cm³/mol. The maximum Gasteiger partial charge on any atom is 0.239 e. The SMILES string of the molecule is CC(=O)c1ccc(NC(=O)C(C)(C)C(=O)Nc2cccc3cccnc23)cc1. The van der Waals surface area contributed by atoms with Crippen molar-refractivity contribution in [2.45, 2.75) is 20.8 Å². The number of benzene rings is 2. The first-order chi connectivity index (χ1) is 13.3. The van der Waals surface area contributed by atoms with Gasteiger partial charge in [0, 0.05) is 22.8 Å². The van der Waals surface area contributed by atoms with E-state index >= 15 is 0 Å². The zero-order valence-corrected chi connectivity index (χ0v) is 15.9. The quantitative estimate of drug-likeness (QED) is 0.520. The summed E-state index contributed by atoms with van der Waals surface area (Å²) in [6, 6.07) is 15.7. The van der Waals surface area contributed by atoms with Crippen LogP contribution in [0.3, 0.4) is 0 Å². The molecule has 0 bridgehead atoms. The average Bonchev–Trinajstić information content (AvgIpc) is 2.68. The first kappa shape index (κ1) is 19.2. The molecule has 1 heterocycles. The summed E-state index contributed by atoms with van der Waals surface area (Å²) >= 11 is 0. The van der Waals surface area contributed by atoms with Gasteiger partial charge in [0.25, 0.3) is 0 Å². The predicted octanol–water partition coefficient (Wildman–Crippen LogP) is 4.04. The number of aromatic nitrogens is 1. The number of carbonyl (C=O) groups excluding carboxylic acids is 3. The van der Waals surface area contributed by atoms with Crippen LogP contribution in [0.25, 0.3) is 10.9 Å². The fraction of sp³-hybridized carbons (Fsp3) is 0.182. The number of hydrogen-bond donors (Lipinski definition) is 2. The minimum absolute atomic E-state index is 0.0544. The number of nitrogens with zero attached hydrogens (tertiary/aromatic N) is 1. The van der Waals surface area contributed by atoms with Gasteiger partial charge < -0.3 is 10.6 Å². The lowest BCUT2D eigenvalue weighted by molar-refractivity contribution is -0.135. The van der Waals surface area contributed by atoms with Crippen molar-refractivity contribution in [3.8, 4) is 0 Å². The van der Waals surface area contributed by atoms with Crippen LogP contribution < -0.4 is 10.6 Å². The van der Waals surface area contributed by atoms with Crippen LogP contribution in [-0.4, -0.2) is 22.6 Å². The topological polar surface area (TPSA) is 88.2 Å². The maximum atomic E-state index is 12.8. The van der Waals surface area contributed by atoms with E-state index in [9.17, 15) is 14.4 Å². The van der Waals surface area contributed by atoms with E-state index in [1.165, 1.54) is 6.92 Å². The molecule has 0 aliphatic carbocycles. The van der Waals surface area contributed by atoms with Gasteiger partial charge in [-0.05, 0) is 57.2 Å². The number of ketones is 1. The van der Waals surface area contributed by atoms with Crippen molar-refractivity contribution in [3.05, 3.63) is 66.4 Å². The minimum Gasteiger partial charge on any atom is -0.325 e. The van der Waals surface area contributed by atoms with E-state index in [0.717, 1.165) is 5.39 Å². The smallest absolute Gasteiger partial charge is 0.239 e. The molecule has 2 aromatic carbocycles. The lowest BCUT2D eigenvalue weighted by Crippen LogP contribution is -2.41. The molecule has 0 spiro atoms. The highest BCUT2D eigenvalue weighted by Crippen LogP contribution is 2.25. The second kappa shape index (κ2) is 7.60. The van der Waals surface area contributed by atoms with Gasteiger partial charge in [-0.15, -0.1) is 0 Å². The molecule has 0 saturated carbocycles. The number of carbonyl (C=O) groups is 3. The Morgan fingerprint density at radius 3 is 2.18 bits per heavy atom. The summed E-state index contributed by atoms with van der Waals surface area (Å²) in [6.07, 6.45) is 1.65. The molecule has 1 aromatic heterocycles. The van der Waals surface area contributed by atoms with Crippen LogP contribution >= 0.6 is 0 Å². The molecule has 0 aliphatic heterocycles. The van der Waals surface area contributed by atoms with Crippen molar-refractivity contribution < 1.29 is 14.4 Å². The normalized spacial score (nSPS) is 11.1. The fourth-order valence-electron chi connectivity index (χ4n) is 2.66. The molecule has 142 valence electrons. The fourth-order valence-corrected chi connectivity index (χ4v) is 2.66. The van der Waals surface area contributed by atoms with Gasteiger partial charge in [-0.3, -0.25) is 19.4 Å². The van der Waals surface area contributed by atoms with Crippen LogP contribution in [0.5, 0.6) is 0 Å². The molecule has 0 saturated heterocycles. The molecule has 0 fully saturated rings. The highest BCUT2D eigenvalue weighted by molar-refractivity contribution is 6.15. The standard InChI is InChI=1S/C22H21N3O3/c1-14(26)15-9-11-17(12-10-15)24-20(27)22(2,3)21(28)25-18-8-4-6-16-7-5-13-23-19(16)18/h4-13H,1-3H3,(H,24,27)(H,25,28). The zero-order valence-electron chi connectivity index (χ0n) is 15.9. The van der Waals surface area contributed by atoms with Crippen molar-refractivity contribution in [1.82, 2.24) is 4.98 Å². The maximum absolute atomic E-state index is 12.8. The molecule has 0 aliphatic rings. The minimum atomic E-state index is -1.32. The highest BCUT2D eigenvalue weighted by Gasteiger charge is 2.36. The molecule has 0 radical (unpaired) electrons. The third kappa shape index (κ3) is 3.91. The van der Waals surface area contributed by atoms with Crippen LogP contribution in [0.1, 0.15) is 31.1 Å². The van der Waals surface area contributed by atoms with Gasteiger partial charge in [0.15, 0.2) is 5.78 Å². The molecule has 6 heteroatoms. The van der Waals surface area contributed by atoms with Crippen LogP contribution in [0, 0.1) is 5.41 Å². The summed E-state index contributed by atoms with van der Waals surface area (Å²) in [5, 5.41) is 6.43. The molecule has 3 aromatic rings. The third-order valence-electron chi connectivity index (χ3n) is 4.57. The van der Waals surface area contributed by atoms with Crippen LogP contribution in [0.2, 0.25) is 0 Å². The van der Waals surface area contributed by atoms with E-state index in [0.29, 0.717) is 22.5 Å². The molecule has 6 nitrogen and oxygen atoms in total. The lowest BCUT2D eigenvalue weighted by Gasteiger charge is -2.23. The summed E-state index contributed by atoms with van der Waals surface area (Å²) in [6.45, 7) is 4.59. The van der Waals surface area contributed by atoms with Crippen molar-refractivity contribution in [1.29, 1.82) is 0 Å². The summed E-state index contributed by atoms with van der Waals surface area (Å²) in [4.78, 5) is 41.2. The largest absolute Gasteiger partial charge is 0.325 e. The Morgan fingerprint density at radius 1 is 0.857 bits per heavy atom. The Bertz CT molecular complexity index is 1050. The average molecular weight is 375 g/mol. The van der Waals surface area contributed by atoms with Gasteiger partial charge in [0.2, 0.25) is 11.8 Å². The Morgan fingerprint density at radius 2 is 1.50 bits per heavy atom. The Kier molecular flexibility index (Phi) is 5.22. The Labute approximate surface area is 163 Å². The Hall–Kier alpha value is -3.54. The van der Waals surface area contributed by atoms with Gasteiger partial charge in [-0.1, -0.05) is 18.2 Å². The van der Waals surface area contributed by atoms with E-state index in [4.69, 9.17) is 0 Å². The van der Waals surface area contributed by atoms with Crippen LogP contribution in [-0.2, 0) is 9.59 Å². The number of amides is 2. The van der Waals surface area contributed by atoms with Gasteiger partial charge in [-0.25, -0.2) is 0 Å². The third-order valence-corrected chi connectivity index (χ3v) is 4.57. The first-order valence-corrected chi connectivity index (χ1v) is 8.86. The monoisotopic (exact) mass is 375 g/mol. The van der Waals surface area contributed by atoms with Crippen LogP contribution in [0.15, 0.2) is 60.8 Å². The molecule has 0 atom stereocenters. The van der Waals surface area contributed by atoms with Crippen molar-refractivity contribution in [2.75, 3.05) is 10.6 Å². The summed E-state index contributed by atoms with van der Waals surface area (Å²) in [7, 11) is 0. The molecular weight excluding hydrogens is 354 g/mol. The zero-order chi connectivity index (χ0) is 20.3. The van der Waals surface area contributed by atoms with Crippen molar-refractivity contribution in [2.24, 2.45) is 5.41 Å². The van der Waals surface area contributed by atoms with E-state index in [2.05, 4.69) is 15.6 Å². The van der Waals surface area contributed by atoms with Crippen molar-refractivity contribution in [3.63, 3.8) is 0 Å². The van der Waals surface area contributed by atoms with Crippen LogP contribution in [0.4, 0.5) is 11.4 Å². The summed E-state index contributed by atoms with van der Waals surface area (Å²) in [5.41, 5.74) is 0.959. The summed E-state index contributed by atoms with van der Waals surface area (Å²) in [5.74, 6) is -0.946. The number of para-hydroxylation sites is 1. The van der Waals surface area contributed by atoms with E-state index in [1.807, 2.05) is 24.3 Å². The van der Waals surface area contributed by atoms with Crippen molar-refractivity contribution >= 4 is 39.9 Å². The number of hydrogen-bond acceptors (Lipinski definition) is 4. The van der Waals surface area contributed by atoms with E-state index < -0.39 is 17.2 Å². The number of nitrogens with one attached hydrogen (secondary N) is 2. The molecule has 0 unspecified atom stereocenters. The Balaban J connectivity index is 1.76. The van der Waals surface area contributed by atoms with E-state index in [-0.39, 0.29) is 5.78 Å². The van der Waals surface area contributed by atoms with E-state index in [1.54, 1.807) is 50.4 Å². The molecule has 3 rings (SSSR count). The number of fused-ring (bicyclic) bond motifs is 1. The molecule has 28 heavy (non-hydrogen) atoms. The number of pyridine rings is 1. The molecule has 2 N–H and O–H groups in total. The number of rotatable bonds is 5. The second-order valence-electron chi connectivity index (χ2n) is 7.05. The number of anilines is 2. The molecular formula is C22H21N3O3. The molecule has 2 amide bonds. The highest BCUT2D eigenvalue weighted by atomic mass is 16.2. The van der Waals surface area contributed by atoms with Gasteiger partial charge in [-0.2, -0.15) is 0 Å². The van der Waals surface area contributed by atoms with Gasteiger partial charge >= 0.3 is 0 Å². The van der Waals surface area contributed by atoms with Gasteiger partial charge in [0.05, 0.1) is 11.2 Å². The summed E-state index contributed by atoms with van der Waals surface area (Å²) < 4.78 is 0. The van der Waals surface area contributed by atoms with Gasteiger partial charge in [0.1, 0.15) is 5.41 Å². The number of Topliss-reactive ketones (excluding diaryl/α,β-unsaturated/α-hetero) is 1. The second-order valence-corrected chi connectivity index (χ2v) is 7.05. The first-order valence-electron chi connectivity index (χ1n) is 8.86. The lowest BCUT2D eigenvalue weighted by atomic mass is 9.90.